The Bertz CT molecular complexity index is 816. The molecule has 0 radical (unpaired) electrons. The normalized spacial score (nSPS) is 11.5. The van der Waals surface area contributed by atoms with E-state index in [9.17, 15) is 18.0 Å². The van der Waals surface area contributed by atoms with Gasteiger partial charge < -0.3 is 10.1 Å². The molecule has 2 rings (SSSR count). The van der Waals surface area contributed by atoms with Crippen molar-refractivity contribution in [3.8, 4) is 0 Å². The van der Waals surface area contributed by atoms with E-state index in [-0.39, 0.29) is 21.5 Å². The highest BCUT2D eigenvalue weighted by atomic mass is 32.2. The summed E-state index contributed by atoms with van der Waals surface area (Å²) in [6.45, 7) is 1.38. The van der Waals surface area contributed by atoms with Gasteiger partial charge in [0.1, 0.15) is 4.21 Å². The number of nitrogens with zero attached hydrogens (tertiary/aromatic N) is 3. The summed E-state index contributed by atoms with van der Waals surface area (Å²) in [4.78, 5) is 23.7. The number of hydrogen-bond donors (Lipinski definition) is 1. The third-order valence-corrected chi connectivity index (χ3v) is 6.55. The first-order chi connectivity index (χ1) is 11.4. The molecule has 0 unspecified atom stereocenters. The maximum atomic E-state index is 12.3. The minimum Gasteiger partial charge on any atom is -0.461 e. The van der Waals surface area contributed by atoms with Crippen LogP contribution < -0.4 is 5.32 Å². The van der Waals surface area contributed by atoms with Crippen LogP contribution >= 0.6 is 22.9 Å². The summed E-state index contributed by atoms with van der Waals surface area (Å²) >= 11 is 1.87. The van der Waals surface area contributed by atoms with Crippen LogP contribution in [0.4, 0.5) is 5.00 Å². The second-order valence-corrected chi connectivity index (χ2v) is 8.39. The van der Waals surface area contributed by atoms with Crippen LogP contribution in [-0.2, 0) is 19.6 Å². The third-order valence-electron chi connectivity index (χ3n) is 2.74. The number of carbonyl (C=O) groups excluding carboxylic acids is 2. The average molecular weight is 390 g/mol. The molecule has 0 atom stereocenters. The van der Waals surface area contributed by atoms with Gasteiger partial charge in [0.25, 0.3) is 10.0 Å². The van der Waals surface area contributed by atoms with Gasteiger partial charge in [-0.1, -0.05) is 10.6 Å². The zero-order chi connectivity index (χ0) is 17.7. The molecular weight excluding hydrogens is 376 g/mol. The standard InChI is InChI=1S/C12H14N4O5S3/c1-3-21-12(18)10-11(23-15-14-10)13-8(17)7-16(2)24(19,20)9-5-4-6-22-9/h4-6H,3,7H2,1-2H3,(H,13,17). The summed E-state index contributed by atoms with van der Waals surface area (Å²) in [6, 6.07) is 3.07. The minimum absolute atomic E-state index is 0.111. The number of ether oxygens (including phenoxy) is 1. The molecule has 0 spiro atoms. The number of carbonyl (C=O) groups is 2. The molecule has 2 heterocycles. The molecule has 1 amide bonds. The number of rotatable bonds is 7. The number of likely N-dealkylation sites (N-methyl/N-ethyl adjacent to an activating group) is 1. The highest BCUT2D eigenvalue weighted by molar-refractivity contribution is 7.91. The van der Waals surface area contributed by atoms with Crippen LogP contribution in [0.1, 0.15) is 17.4 Å². The maximum Gasteiger partial charge on any atom is 0.362 e. The topological polar surface area (TPSA) is 119 Å². The molecule has 0 saturated carbocycles. The number of sulfonamides is 1. The van der Waals surface area contributed by atoms with E-state index in [1.165, 1.54) is 13.1 Å². The van der Waals surface area contributed by atoms with Crippen LogP contribution in [0, 0.1) is 0 Å². The first-order valence-corrected chi connectivity index (χ1v) is 9.74. The summed E-state index contributed by atoms with van der Waals surface area (Å²) in [5, 5.41) is 7.78. The number of esters is 1. The SMILES string of the molecule is CCOC(=O)c1nnsc1NC(=O)CN(C)S(=O)(=O)c1cccs1. The van der Waals surface area contributed by atoms with Gasteiger partial charge in [-0.2, -0.15) is 4.31 Å². The van der Waals surface area contributed by atoms with Gasteiger partial charge in [0.15, 0.2) is 5.00 Å². The largest absolute Gasteiger partial charge is 0.461 e. The minimum atomic E-state index is -3.73. The van der Waals surface area contributed by atoms with Crippen LogP contribution in [-0.4, -0.2) is 54.4 Å². The van der Waals surface area contributed by atoms with Crippen molar-refractivity contribution in [1.82, 2.24) is 13.9 Å². The fourth-order valence-electron chi connectivity index (χ4n) is 1.62. The average Bonchev–Trinajstić information content (AvgIpc) is 3.18. The molecule has 0 aliphatic carbocycles. The van der Waals surface area contributed by atoms with E-state index in [2.05, 4.69) is 14.9 Å². The van der Waals surface area contributed by atoms with E-state index in [1.54, 1.807) is 18.4 Å². The Morgan fingerprint density at radius 2 is 2.17 bits per heavy atom. The number of nitrogens with one attached hydrogen (secondary N) is 1. The third kappa shape index (κ3) is 4.14. The lowest BCUT2D eigenvalue weighted by atomic mass is 10.4. The van der Waals surface area contributed by atoms with E-state index < -0.39 is 28.4 Å². The summed E-state index contributed by atoms with van der Waals surface area (Å²) < 4.78 is 34.0. The number of hydrogen-bond acceptors (Lipinski definition) is 9. The smallest absolute Gasteiger partial charge is 0.362 e. The maximum absolute atomic E-state index is 12.3. The molecule has 0 saturated heterocycles. The van der Waals surface area contributed by atoms with Crippen molar-refractivity contribution in [3.05, 3.63) is 23.2 Å². The zero-order valence-corrected chi connectivity index (χ0v) is 15.2. The fourth-order valence-corrected chi connectivity index (χ4v) is 4.53. The summed E-state index contributed by atoms with van der Waals surface area (Å²) in [6.07, 6.45) is 0. The monoisotopic (exact) mass is 390 g/mol. The highest BCUT2D eigenvalue weighted by Gasteiger charge is 2.25. The number of aromatic nitrogens is 2. The van der Waals surface area contributed by atoms with Crippen LogP contribution in [0.15, 0.2) is 21.7 Å². The lowest BCUT2D eigenvalue weighted by molar-refractivity contribution is -0.116. The van der Waals surface area contributed by atoms with E-state index >= 15 is 0 Å². The molecule has 2 aromatic heterocycles. The van der Waals surface area contributed by atoms with E-state index in [0.717, 1.165) is 27.2 Å². The molecule has 0 bridgehead atoms. The lowest BCUT2D eigenvalue weighted by Gasteiger charge is -2.15. The Morgan fingerprint density at radius 3 is 2.79 bits per heavy atom. The molecule has 0 fully saturated rings. The van der Waals surface area contributed by atoms with Gasteiger partial charge in [-0.15, -0.1) is 16.4 Å². The second-order valence-electron chi connectivity index (χ2n) is 4.41. The fraction of sp³-hybridized carbons (Fsp3) is 0.333. The Hall–Kier alpha value is -1.89. The van der Waals surface area contributed by atoms with E-state index in [0.29, 0.717) is 0 Å². The van der Waals surface area contributed by atoms with Crippen molar-refractivity contribution >= 4 is 49.8 Å². The molecular formula is C12H14N4O5S3. The van der Waals surface area contributed by atoms with Crippen LogP contribution in [0.3, 0.4) is 0 Å². The first kappa shape index (κ1) is 18.4. The second kappa shape index (κ2) is 7.79. The van der Waals surface area contributed by atoms with Crippen molar-refractivity contribution in [1.29, 1.82) is 0 Å². The van der Waals surface area contributed by atoms with Crippen molar-refractivity contribution in [2.75, 3.05) is 25.5 Å². The van der Waals surface area contributed by atoms with Gasteiger partial charge >= 0.3 is 5.97 Å². The molecule has 9 nitrogen and oxygen atoms in total. The van der Waals surface area contributed by atoms with Gasteiger partial charge in [0.2, 0.25) is 11.6 Å². The molecule has 0 aliphatic rings. The molecule has 0 aromatic carbocycles. The Balaban J connectivity index is 2.04. The van der Waals surface area contributed by atoms with Gasteiger partial charge in [0, 0.05) is 18.6 Å². The van der Waals surface area contributed by atoms with E-state index in [1.807, 2.05) is 0 Å². The Labute approximate surface area is 146 Å². The summed E-state index contributed by atoms with van der Waals surface area (Å²) in [5.41, 5.74) is -0.112. The van der Waals surface area contributed by atoms with Gasteiger partial charge in [-0.3, -0.25) is 4.79 Å². The number of thiophene rings is 1. The van der Waals surface area contributed by atoms with Gasteiger partial charge in [-0.05, 0) is 18.4 Å². The number of amides is 1. The molecule has 2 aromatic rings. The number of anilines is 1. The van der Waals surface area contributed by atoms with Crippen molar-refractivity contribution in [2.24, 2.45) is 0 Å². The van der Waals surface area contributed by atoms with Crippen LogP contribution in [0.5, 0.6) is 0 Å². The molecule has 24 heavy (non-hydrogen) atoms. The molecule has 12 heteroatoms. The predicted octanol–water partition coefficient (Wildman–Crippen LogP) is 1.04. The van der Waals surface area contributed by atoms with E-state index in [4.69, 9.17) is 4.74 Å². The predicted molar refractivity (Wildman–Crippen MR) is 88.6 cm³/mol. The van der Waals surface area contributed by atoms with Gasteiger partial charge in [-0.25, -0.2) is 13.2 Å². The lowest BCUT2D eigenvalue weighted by Crippen LogP contribution is -2.34. The molecule has 0 aliphatic heterocycles. The van der Waals surface area contributed by atoms with Crippen molar-refractivity contribution in [3.63, 3.8) is 0 Å². The summed E-state index contributed by atoms with van der Waals surface area (Å²) in [7, 11) is -2.44. The van der Waals surface area contributed by atoms with Crippen LogP contribution in [0.25, 0.3) is 0 Å². The van der Waals surface area contributed by atoms with Crippen molar-refractivity contribution in [2.45, 2.75) is 11.1 Å². The zero-order valence-electron chi connectivity index (χ0n) is 12.8. The molecule has 130 valence electrons. The Kier molecular flexibility index (Phi) is 5.99. The summed E-state index contributed by atoms with van der Waals surface area (Å²) in [5.74, 6) is -1.32. The van der Waals surface area contributed by atoms with Gasteiger partial charge in [0.05, 0.1) is 13.2 Å². The first-order valence-electron chi connectivity index (χ1n) is 6.65. The van der Waals surface area contributed by atoms with Crippen LogP contribution in [0.2, 0.25) is 0 Å². The Morgan fingerprint density at radius 1 is 1.42 bits per heavy atom. The molecule has 1 N–H and O–H groups in total. The highest BCUT2D eigenvalue weighted by Crippen LogP contribution is 2.21. The van der Waals surface area contributed by atoms with Crippen molar-refractivity contribution < 1.29 is 22.7 Å². The quantitative estimate of drug-likeness (QED) is 0.702.